The second-order valence-electron chi connectivity index (χ2n) is 7.04. The van der Waals surface area contributed by atoms with Crippen molar-refractivity contribution in [2.75, 3.05) is 18.7 Å². The lowest BCUT2D eigenvalue weighted by Gasteiger charge is -2.20. The largest absolute Gasteiger partial charge is 0.493 e. The van der Waals surface area contributed by atoms with Crippen molar-refractivity contribution in [1.29, 1.82) is 0 Å². The molecule has 2 aromatic rings. The summed E-state index contributed by atoms with van der Waals surface area (Å²) in [6.07, 6.45) is 1.84. The monoisotopic (exact) mass is 416 g/mol. The van der Waals surface area contributed by atoms with Gasteiger partial charge in [0.2, 0.25) is 0 Å². The molecule has 0 spiro atoms. The van der Waals surface area contributed by atoms with Crippen LogP contribution in [0.25, 0.3) is 6.08 Å². The number of amides is 1. The van der Waals surface area contributed by atoms with Crippen molar-refractivity contribution in [3.05, 3.63) is 52.2 Å². The van der Waals surface area contributed by atoms with Gasteiger partial charge in [-0.25, -0.2) is 0 Å². The molecule has 0 atom stereocenters. The molecular weight excluding hydrogens is 392 g/mol. The average Bonchev–Trinajstić information content (AvgIpc) is 3.11. The quantitative estimate of drug-likeness (QED) is 0.505. The van der Waals surface area contributed by atoms with Gasteiger partial charge in [0.1, 0.15) is 0 Å². The Morgan fingerprint density at radius 3 is 2.43 bits per heavy atom. The summed E-state index contributed by atoms with van der Waals surface area (Å²) in [5.74, 6) is 1.63. The molecule has 5 nitrogen and oxygen atoms in total. The van der Waals surface area contributed by atoms with Crippen LogP contribution in [0.3, 0.4) is 0 Å². The van der Waals surface area contributed by atoms with Crippen LogP contribution >= 0.6 is 24.0 Å². The maximum Gasteiger partial charge on any atom is 0.285 e. The van der Waals surface area contributed by atoms with Gasteiger partial charge >= 0.3 is 0 Å². The molecule has 1 aromatic carbocycles. The molecular formula is C21H24N2O3S2. The molecule has 2 heterocycles. The second kappa shape index (κ2) is 8.41. The number of aromatic nitrogens is 1. The molecule has 1 aromatic heterocycles. The van der Waals surface area contributed by atoms with Gasteiger partial charge in [-0.3, -0.25) is 9.47 Å². The van der Waals surface area contributed by atoms with Crippen LogP contribution in [0.2, 0.25) is 0 Å². The number of carbonyl (C=O) groups excluding carboxylic acids is 1. The molecule has 0 N–H and O–H groups in total. The maximum absolute atomic E-state index is 13.0. The first-order chi connectivity index (χ1) is 13.3. The van der Waals surface area contributed by atoms with Crippen LogP contribution in [0.1, 0.15) is 30.8 Å². The normalized spacial score (nSPS) is 15.8. The Labute approximate surface area is 175 Å². The highest BCUT2D eigenvalue weighted by Gasteiger charge is 2.34. The number of rotatable bonds is 6. The van der Waals surface area contributed by atoms with E-state index in [0.717, 1.165) is 17.0 Å². The average molecular weight is 417 g/mol. The molecule has 7 heteroatoms. The number of carbonyl (C=O) groups is 1. The molecule has 0 radical (unpaired) electrons. The summed E-state index contributed by atoms with van der Waals surface area (Å²) < 4.78 is 13.6. The van der Waals surface area contributed by atoms with E-state index in [1.54, 1.807) is 12.1 Å². The first-order valence-corrected chi connectivity index (χ1v) is 10.3. The van der Waals surface area contributed by atoms with Crippen LogP contribution in [0, 0.1) is 19.8 Å². The van der Waals surface area contributed by atoms with E-state index in [1.807, 2.05) is 54.9 Å². The summed E-state index contributed by atoms with van der Waals surface area (Å²) in [5, 5.41) is 1.55. The highest BCUT2D eigenvalue weighted by molar-refractivity contribution is 8.27. The molecule has 1 saturated heterocycles. The van der Waals surface area contributed by atoms with Gasteiger partial charge in [-0.15, -0.1) is 0 Å². The van der Waals surface area contributed by atoms with Gasteiger partial charge in [-0.05, 0) is 67.9 Å². The molecule has 1 fully saturated rings. The minimum Gasteiger partial charge on any atom is -0.493 e. The minimum absolute atomic E-state index is 0.128. The highest BCUT2D eigenvalue weighted by atomic mass is 32.2. The zero-order valence-electron chi connectivity index (χ0n) is 16.7. The minimum atomic E-state index is -0.128. The van der Waals surface area contributed by atoms with Crippen molar-refractivity contribution in [2.24, 2.45) is 5.92 Å². The van der Waals surface area contributed by atoms with E-state index in [-0.39, 0.29) is 5.91 Å². The third kappa shape index (κ3) is 4.10. The smallest absolute Gasteiger partial charge is 0.285 e. The fraction of sp³-hybridized carbons (Fsp3) is 0.333. The summed E-state index contributed by atoms with van der Waals surface area (Å²) in [7, 11) is 1.61. The van der Waals surface area contributed by atoms with E-state index < -0.39 is 0 Å². The number of nitrogens with zero attached hydrogens (tertiary/aromatic N) is 2. The van der Waals surface area contributed by atoms with Gasteiger partial charge in [-0.2, -0.15) is 5.01 Å². The van der Waals surface area contributed by atoms with Crippen molar-refractivity contribution in [3.63, 3.8) is 0 Å². The molecule has 0 bridgehead atoms. The Bertz CT molecular complexity index is 928. The summed E-state index contributed by atoms with van der Waals surface area (Å²) >= 11 is 6.77. The number of ether oxygens (including phenoxy) is 2. The molecule has 148 valence electrons. The van der Waals surface area contributed by atoms with E-state index in [4.69, 9.17) is 21.7 Å². The first-order valence-electron chi connectivity index (χ1n) is 9.06. The molecule has 3 rings (SSSR count). The van der Waals surface area contributed by atoms with Crippen molar-refractivity contribution in [1.82, 2.24) is 4.68 Å². The lowest BCUT2D eigenvalue weighted by molar-refractivity contribution is -0.114. The zero-order valence-corrected chi connectivity index (χ0v) is 18.3. The van der Waals surface area contributed by atoms with Gasteiger partial charge in [0, 0.05) is 11.4 Å². The lowest BCUT2D eigenvalue weighted by atomic mass is 10.2. The summed E-state index contributed by atoms with van der Waals surface area (Å²) in [4.78, 5) is 13.6. The Hall–Kier alpha value is -2.25. The maximum atomic E-state index is 13.0. The second-order valence-corrected chi connectivity index (χ2v) is 8.71. The Morgan fingerprint density at radius 1 is 1.14 bits per heavy atom. The third-order valence-corrected chi connectivity index (χ3v) is 5.55. The topological polar surface area (TPSA) is 43.7 Å². The van der Waals surface area contributed by atoms with Crippen molar-refractivity contribution >= 4 is 40.3 Å². The van der Waals surface area contributed by atoms with Gasteiger partial charge in [-0.1, -0.05) is 31.7 Å². The van der Waals surface area contributed by atoms with Gasteiger partial charge in [0.05, 0.1) is 18.6 Å². The summed E-state index contributed by atoms with van der Waals surface area (Å²) in [6.45, 7) is 8.71. The van der Waals surface area contributed by atoms with Crippen LogP contribution in [0.4, 0.5) is 0 Å². The summed E-state index contributed by atoms with van der Waals surface area (Å²) in [6, 6.07) is 9.59. The van der Waals surface area contributed by atoms with Crippen LogP contribution in [0.15, 0.2) is 35.2 Å². The fourth-order valence-corrected chi connectivity index (χ4v) is 4.15. The van der Waals surface area contributed by atoms with Crippen LogP contribution in [-0.2, 0) is 4.79 Å². The number of benzene rings is 1. The van der Waals surface area contributed by atoms with Crippen molar-refractivity contribution < 1.29 is 14.3 Å². The highest BCUT2D eigenvalue weighted by Crippen LogP contribution is 2.35. The zero-order chi connectivity index (χ0) is 20.4. The fourth-order valence-electron chi connectivity index (χ4n) is 2.91. The van der Waals surface area contributed by atoms with Gasteiger partial charge in [0.25, 0.3) is 5.91 Å². The molecule has 0 unspecified atom stereocenters. The van der Waals surface area contributed by atoms with E-state index in [1.165, 1.54) is 11.8 Å². The van der Waals surface area contributed by atoms with Gasteiger partial charge in [0.15, 0.2) is 15.8 Å². The molecule has 1 amide bonds. The first kappa shape index (κ1) is 20.5. The third-order valence-electron chi connectivity index (χ3n) is 4.26. The number of aryl methyl sites for hydroxylation is 2. The van der Waals surface area contributed by atoms with Crippen LogP contribution < -0.4 is 14.5 Å². The number of hydrogen-bond acceptors (Lipinski definition) is 5. The van der Waals surface area contributed by atoms with Crippen LogP contribution in [0.5, 0.6) is 11.5 Å². The number of methoxy groups -OCH3 is 1. The van der Waals surface area contributed by atoms with E-state index >= 15 is 0 Å². The molecule has 0 saturated carbocycles. The predicted molar refractivity (Wildman–Crippen MR) is 119 cm³/mol. The SMILES string of the molecule is COc1cc(/C=C2\SC(=S)N(n3c(C)ccc3C)C2=O)ccc1OCC(C)C. The Balaban J connectivity index is 1.88. The molecule has 1 aliphatic heterocycles. The molecule has 0 aliphatic carbocycles. The predicted octanol–water partition coefficient (Wildman–Crippen LogP) is 4.69. The van der Waals surface area contributed by atoms with E-state index in [9.17, 15) is 4.79 Å². The van der Waals surface area contributed by atoms with E-state index in [0.29, 0.717) is 33.2 Å². The molecule has 1 aliphatic rings. The Morgan fingerprint density at radius 2 is 1.82 bits per heavy atom. The number of thiocarbonyl (C=S) groups is 1. The lowest BCUT2D eigenvalue weighted by Crippen LogP contribution is -2.39. The van der Waals surface area contributed by atoms with Crippen molar-refractivity contribution in [2.45, 2.75) is 27.7 Å². The molecule has 28 heavy (non-hydrogen) atoms. The van der Waals surface area contributed by atoms with Gasteiger partial charge < -0.3 is 9.47 Å². The van der Waals surface area contributed by atoms with Crippen LogP contribution in [-0.4, -0.2) is 28.6 Å². The number of hydrogen-bond donors (Lipinski definition) is 0. The van der Waals surface area contributed by atoms with Crippen molar-refractivity contribution in [3.8, 4) is 11.5 Å². The Kier molecular flexibility index (Phi) is 6.15. The standard InChI is InChI=1S/C21H24N2O3S2/c1-13(2)12-26-17-9-8-16(10-18(17)25-5)11-19-20(24)23(21(27)28-19)22-14(3)6-7-15(22)4/h6-11,13H,12H2,1-5H3/b19-11-. The number of thioether (sulfide) groups is 1. The van der Waals surface area contributed by atoms with E-state index in [2.05, 4.69) is 13.8 Å². The summed E-state index contributed by atoms with van der Waals surface area (Å²) in [5.41, 5.74) is 2.78.